The van der Waals surface area contributed by atoms with Gasteiger partial charge in [-0.15, -0.1) is 11.3 Å². The van der Waals surface area contributed by atoms with E-state index in [1.165, 1.54) is 11.3 Å². The Morgan fingerprint density at radius 2 is 2.39 bits per heavy atom. The van der Waals surface area contributed by atoms with Crippen LogP contribution in [0.5, 0.6) is 0 Å². The first-order chi connectivity index (χ1) is 8.65. The van der Waals surface area contributed by atoms with Crippen LogP contribution >= 0.6 is 22.9 Å². The lowest BCUT2D eigenvalue weighted by atomic mass is 10.2. The number of H-pyrrole nitrogens is 1. The van der Waals surface area contributed by atoms with Gasteiger partial charge in [0.05, 0.1) is 26.7 Å². The quantitative estimate of drug-likeness (QED) is 0.909. The SMILES string of the molecule is CC1CC1NC(=O)c1cn[nH]c1-c1ccc(Cl)s1. The van der Waals surface area contributed by atoms with E-state index < -0.39 is 0 Å². The molecule has 2 N–H and O–H groups in total. The fourth-order valence-corrected chi connectivity index (χ4v) is 2.92. The smallest absolute Gasteiger partial charge is 0.255 e. The molecule has 3 rings (SSSR count). The minimum absolute atomic E-state index is 0.0716. The van der Waals surface area contributed by atoms with Crippen LogP contribution in [0.25, 0.3) is 10.6 Å². The van der Waals surface area contributed by atoms with Gasteiger partial charge in [0, 0.05) is 6.04 Å². The van der Waals surface area contributed by atoms with Crippen LogP contribution in [0.1, 0.15) is 23.7 Å². The molecule has 18 heavy (non-hydrogen) atoms. The number of nitrogens with zero attached hydrogens (tertiary/aromatic N) is 1. The Morgan fingerprint density at radius 3 is 3.00 bits per heavy atom. The van der Waals surface area contributed by atoms with Crippen molar-refractivity contribution in [2.75, 3.05) is 0 Å². The second-order valence-corrected chi connectivity index (χ2v) is 6.27. The Labute approximate surface area is 113 Å². The van der Waals surface area contributed by atoms with Crippen molar-refractivity contribution < 1.29 is 4.79 Å². The van der Waals surface area contributed by atoms with Gasteiger partial charge in [-0.2, -0.15) is 5.10 Å². The summed E-state index contributed by atoms with van der Waals surface area (Å²) in [5.41, 5.74) is 1.31. The van der Waals surface area contributed by atoms with E-state index in [2.05, 4.69) is 22.4 Å². The highest BCUT2D eigenvalue weighted by molar-refractivity contribution is 7.19. The maximum Gasteiger partial charge on any atom is 0.255 e. The molecule has 1 aliphatic carbocycles. The second kappa shape index (κ2) is 4.40. The molecule has 1 fully saturated rings. The van der Waals surface area contributed by atoms with Gasteiger partial charge in [-0.1, -0.05) is 18.5 Å². The molecule has 0 aliphatic heterocycles. The zero-order valence-electron chi connectivity index (χ0n) is 9.74. The van der Waals surface area contributed by atoms with Crippen molar-refractivity contribution >= 4 is 28.8 Å². The van der Waals surface area contributed by atoms with Crippen molar-refractivity contribution in [3.8, 4) is 10.6 Å². The molecule has 1 amide bonds. The summed E-state index contributed by atoms with van der Waals surface area (Å²) >= 11 is 7.33. The number of thiophene rings is 1. The summed E-state index contributed by atoms with van der Waals surface area (Å²) in [6.45, 7) is 2.13. The first-order valence-corrected chi connectivity index (χ1v) is 6.94. The van der Waals surface area contributed by atoms with Crippen molar-refractivity contribution in [3.63, 3.8) is 0 Å². The zero-order valence-corrected chi connectivity index (χ0v) is 11.3. The van der Waals surface area contributed by atoms with Crippen LogP contribution in [0, 0.1) is 5.92 Å². The van der Waals surface area contributed by atoms with Crippen LogP contribution in [0.2, 0.25) is 4.34 Å². The molecule has 2 atom stereocenters. The summed E-state index contributed by atoms with van der Waals surface area (Å²) in [4.78, 5) is 13.0. The molecule has 0 aromatic carbocycles. The molecule has 0 bridgehead atoms. The summed E-state index contributed by atoms with van der Waals surface area (Å²) in [6, 6.07) is 4.01. The minimum Gasteiger partial charge on any atom is -0.349 e. The molecule has 94 valence electrons. The molecule has 4 nitrogen and oxygen atoms in total. The van der Waals surface area contributed by atoms with E-state index in [0.29, 0.717) is 21.9 Å². The second-order valence-electron chi connectivity index (χ2n) is 4.56. The van der Waals surface area contributed by atoms with E-state index in [-0.39, 0.29) is 5.91 Å². The molecule has 2 heterocycles. The summed E-state index contributed by atoms with van der Waals surface area (Å²) in [7, 11) is 0. The van der Waals surface area contributed by atoms with Crippen molar-refractivity contribution in [2.24, 2.45) is 5.92 Å². The number of hydrogen-bond donors (Lipinski definition) is 2. The summed E-state index contributed by atoms with van der Waals surface area (Å²) in [5, 5.41) is 9.81. The molecule has 6 heteroatoms. The summed E-state index contributed by atoms with van der Waals surface area (Å²) in [5.74, 6) is 0.512. The van der Waals surface area contributed by atoms with E-state index in [1.807, 2.05) is 12.1 Å². The number of halogens is 1. The van der Waals surface area contributed by atoms with Crippen molar-refractivity contribution in [3.05, 3.63) is 28.2 Å². The van der Waals surface area contributed by atoms with E-state index in [9.17, 15) is 4.79 Å². The zero-order chi connectivity index (χ0) is 12.7. The molecule has 1 saturated carbocycles. The van der Waals surface area contributed by atoms with Gasteiger partial charge in [0.25, 0.3) is 5.91 Å². The molecular formula is C12H12ClN3OS. The number of aromatic nitrogens is 2. The monoisotopic (exact) mass is 281 g/mol. The average molecular weight is 282 g/mol. The Bertz CT molecular complexity index is 592. The predicted octanol–water partition coefficient (Wildman–Crippen LogP) is 2.93. The van der Waals surface area contributed by atoms with E-state index in [1.54, 1.807) is 6.20 Å². The maximum atomic E-state index is 12.1. The van der Waals surface area contributed by atoms with Gasteiger partial charge < -0.3 is 5.32 Å². The fourth-order valence-electron chi connectivity index (χ4n) is 1.86. The van der Waals surface area contributed by atoms with E-state index in [4.69, 9.17) is 11.6 Å². The highest BCUT2D eigenvalue weighted by Crippen LogP contribution is 2.33. The Hall–Kier alpha value is -1.33. The standard InChI is InChI=1S/C12H12ClN3OS/c1-6-4-8(6)15-12(17)7-5-14-16-11(7)9-2-3-10(13)18-9/h2-3,5-6,8H,4H2,1H3,(H,14,16)(H,15,17). The van der Waals surface area contributed by atoms with Gasteiger partial charge in [0.1, 0.15) is 0 Å². The molecule has 2 aromatic heterocycles. The first-order valence-electron chi connectivity index (χ1n) is 5.75. The van der Waals surface area contributed by atoms with Crippen LogP contribution in [0.15, 0.2) is 18.3 Å². The highest BCUT2D eigenvalue weighted by atomic mass is 35.5. The van der Waals surface area contributed by atoms with E-state index >= 15 is 0 Å². The predicted molar refractivity (Wildman–Crippen MR) is 71.9 cm³/mol. The van der Waals surface area contributed by atoms with Crippen LogP contribution in [0.4, 0.5) is 0 Å². The van der Waals surface area contributed by atoms with Gasteiger partial charge >= 0.3 is 0 Å². The van der Waals surface area contributed by atoms with Gasteiger partial charge in [0.15, 0.2) is 0 Å². The highest BCUT2D eigenvalue weighted by Gasteiger charge is 2.34. The number of nitrogens with one attached hydrogen (secondary N) is 2. The number of aromatic amines is 1. The van der Waals surface area contributed by atoms with Gasteiger partial charge in [-0.3, -0.25) is 9.89 Å². The van der Waals surface area contributed by atoms with Crippen molar-refractivity contribution in [1.82, 2.24) is 15.5 Å². The molecule has 0 saturated heterocycles. The lowest BCUT2D eigenvalue weighted by Crippen LogP contribution is -2.26. The molecule has 0 radical (unpaired) electrons. The normalized spacial score (nSPS) is 21.9. The van der Waals surface area contributed by atoms with Gasteiger partial charge in [-0.25, -0.2) is 0 Å². The lowest BCUT2D eigenvalue weighted by molar-refractivity contribution is 0.0950. The Morgan fingerprint density at radius 1 is 1.61 bits per heavy atom. The third kappa shape index (κ3) is 2.15. The van der Waals surface area contributed by atoms with Crippen molar-refractivity contribution in [1.29, 1.82) is 0 Å². The number of rotatable bonds is 3. The van der Waals surface area contributed by atoms with Crippen LogP contribution in [-0.4, -0.2) is 22.1 Å². The third-order valence-electron chi connectivity index (χ3n) is 3.13. The van der Waals surface area contributed by atoms with Crippen LogP contribution < -0.4 is 5.32 Å². The van der Waals surface area contributed by atoms with E-state index in [0.717, 1.165) is 17.0 Å². The number of hydrogen-bond acceptors (Lipinski definition) is 3. The topological polar surface area (TPSA) is 57.8 Å². The third-order valence-corrected chi connectivity index (χ3v) is 4.38. The Kier molecular flexibility index (Phi) is 2.87. The Balaban J connectivity index is 1.84. The van der Waals surface area contributed by atoms with Crippen LogP contribution in [-0.2, 0) is 0 Å². The molecular weight excluding hydrogens is 270 g/mol. The average Bonchev–Trinajstić information content (AvgIpc) is 2.79. The summed E-state index contributed by atoms with van der Waals surface area (Å²) < 4.78 is 0.696. The number of carbonyl (C=O) groups excluding carboxylic acids is 1. The lowest BCUT2D eigenvalue weighted by Gasteiger charge is -2.03. The molecule has 2 unspecified atom stereocenters. The van der Waals surface area contributed by atoms with Crippen molar-refractivity contribution in [2.45, 2.75) is 19.4 Å². The van der Waals surface area contributed by atoms with Gasteiger partial charge in [-0.05, 0) is 24.5 Å². The number of amides is 1. The molecule has 0 spiro atoms. The number of carbonyl (C=O) groups is 1. The largest absolute Gasteiger partial charge is 0.349 e. The minimum atomic E-state index is -0.0716. The molecule has 2 aromatic rings. The maximum absolute atomic E-state index is 12.1. The fraction of sp³-hybridized carbons (Fsp3) is 0.333. The van der Waals surface area contributed by atoms with Gasteiger partial charge in [0.2, 0.25) is 0 Å². The first kappa shape index (κ1) is 11.7. The summed E-state index contributed by atoms with van der Waals surface area (Å²) in [6.07, 6.45) is 2.62. The molecule has 1 aliphatic rings. The van der Waals surface area contributed by atoms with Crippen LogP contribution in [0.3, 0.4) is 0 Å².